The quantitative estimate of drug-likeness (QED) is 0.585. The number of rotatable bonds is 7. The van der Waals surface area contributed by atoms with Gasteiger partial charge in [-0.25, -0.2) is 4.98 Å². The first kappa shape index (κ1) is 22.0. The summed E-state index contributed by atoms with van der Waals surface area (Å²) >= 11 is 0. The van der Waals surface area contributed by atoms with Gasteiger partial charge >= 0.3 is 0 Å². The molecule has 2 heterocycles. The van der Waals surface area contributed by atoms with Crippen molar-refractivity contribution in [1.82, 2.24) is 9.38 Å². The molecule has 1 fully saturated rings. The Morgan fingerprint density at radius 1 is 1.25 bits per heavy atom. The van der Waals surface area contributed by atoms with Crippen LogP contribution >= 0.6 is 0 Å². The summed E-state index contributed by atoms with van der Waals surface area (Å²) in [6, 6.07) is 11.6. The van der Waals surface area contributed by atoms with Gasteiger partial charge in [-0.3, -0.25) is 4.40 Å². The van der Waals surface area contributed by atoms with Crippen LogP contribution in [0, 0.1) is 17.2 Å². The van der Waals surface area contributed by atoms with Crippen molar-refractivity contribution in [2.24, 2.45) is 11.7 Å². The molecular formula is C25H30N4O3. The molecule has 2 aromatic heterocycles. The second kappa shape index (κ2) is 9.09. The molecule has 0 bridgehead atoms. The summed E-state index contributed by atoms with van der Waals surface area (Å²) < 4.78 is 19.2. The van der Waals surface area contributed by atoms with Crippen molar-refractivity contribution in [3.8, 4) is 34.7 Å². The third-order valence-corrected chi connectivity index (χ3v) is 6.47. The number of fused-ring (bicyclic) bond motifs is 1. The lowest BCUT2D eigenvalue weighted by Crippen LogP contribution is -2.49. The Balaban J connectivity index is 1.73. The highest BCUT2D eigenvalue weighted by Gasteiger charge is 2.33. The summed E-state index contributed by atoms with van der Waals surface area (Å²) in [6.45, 7) is 2.57. The van der Waals surface area contributed by atoms with Gasteiger partial charge in [-0.1, -0.05) is 32.3 Å². The third kappa shape index (κ3) is 4.11. The number of benzene rings is 1. The highest BCUT2D eigenvalue weighted by Crippen LogP contribution is 2.38. The molecule has 32 heavy (non-hydrogen) atoms. The van der Waals surface area contributed by atoms with E-state index in [1.807, 2.05) is 34.7 Å². The second-order valence-electron chi connectivity index (χ2n) is 8.59. The van der Waals surface area contributed by atoms with Gasteiger partial charge in [0.05, 0.1) is 31.6 Å². The number of nitrogens with zero attached hydrogens (tertiary/aromatic N) is 3. The van der Waals surface area contributed by atoms with Gasteiger partial charge in [0.2, 0.25) is 0 Å². The van der Waals surface area contributed by atoms with E-state index in [-0.39, 0.29) is 5.54 Å². The van der Waals surface area contributed by atoms with E-state index in [1.165, 1.54) is 6.42 Å². The minimum Gasteiger partial charge on any atom is -0.495 e. The second-order valence-corrected chi connectivity index (χ2v) is 8.59. The molecule has 0 amide bonds. The van der Waals surface area contributed by atoms with E-state index in [9.17, 15) is 5.26 Å². The molecule has 1 saturated carbocycles. The maximum atomic E-state index is 9.81. The SMILES string of the molecule is CC[C@H]1CCC[C@@](N)(COc2cc(-c3cnc4cccc(OC)n34)cc(OC)c2C#N)C1. The van der Waals surface area contributed by atoms with Crippen LogP contribution in [0.2, 0.25) is 0 Å². The molecule has 2 atom stereocenters. The molecule has 1 aromatic carbocycles. The molecule has 7 nitrogen and oxygen atoms in total. The van der Waals surface area contributed by atoms with Crippen LogP contribution in [0.4, 0.5) is 0 Å². The van der Waals surface area contributed by atoms with Crippen LogP contribution in [0.15, 0.2) is 36.5 Å². The van der Waals surface area contributed by atoms with Crippen molar-refractivity contribution < 1.29 is 14.2 Å². The van der Waals surface area contributed by atoms with Gasteiger partial charge in [-0.2, -0.15) is 5.26 Å². The van der Waals surface area contributed by atoms with Crippen LogP contribution in [-0.4, -0.2) is 35.8 Å². The predicted octanol–water partition coefficient (Wildman–Crippen LogP) is 4.57. The average molecular weight is 435 g/mol. The van der Waals surface area contributed by atoms with Gasteiger partial charge in [0.15, 0.2) is 5.88 Å². The summed E-state index contributed by atoms with van der Waals surface area (Å²) in [4.78, 5) is 4.50. The number of nitriles is 1. The van der Waals surface area contributed by atoms with E-state index in [4.69, 9.17) is 19.9 Å². The number of aromatic nitrogens is 2. The van der Waals surface area contributed by atoms with Crippen molar-refractivity contribution in [2.75, 3.05) is 20.8 Å². The average Bonchev–Trinajstić information content (AvgIpc) is 3.26. The largest absolute Gasteiger partial charge is 0.495 e. The highest BCUT2D eigenvalue weighted by molar-refractivity contribution is 5.71. The third-order valence-electron chi connectivity index (χ3n) is 6.47. The molecule has 0 saturated heterocycles. The molecule has 3 aromatic rings. The normalized spacial score (nSPS) is 20.7. The number of imidazole rings is 1. The first-order valence-electron chi connectivity index (χ1n) is 11.1. The Labute approximate surface area is 188 Å². The van der Waals surface area contributed by atoms with Crippen molar-refractivity contribution in [3.05, 3.63) is 42.1 Å². The monoisotopic (exact) mass is 434 g/mol. The van der Waals surface area contributed by atoms with E-state index < -0.39 is 0 Å². The van der Waals surface area contributed by atoms with E-state index in [2.05, 4.69) is 18.0 Å². The number of pyridine rings is 1. The topological polar surface area (TPSA) is 94.8 Å². The van der Waals surface area contributed by atoms with E-state index in [0.717, 1.165) is 42.6 Å². The summed E-state index contributed by atoms with van der Waals surface area (Å²) in [5.74, 6) is 2.20. The Morgan fingerprint density at radius 3 is 2.78 bits per heavy atom. The van der Waals surface area contributed by atoms with Crippen LogP contribution in [0.5, 0.6) is 17.4 Å². The highest BCUT2D eigenvalue weighted by atomic mass is 16.5. The summed E-state index contributed by atoms with van der Waals surface area (Å²) in [7, 11) is 3.18. The zero-order valence-corrected chi connectivity index (χ0v) is 18.9. The summed E-state index contributed by atoms with van der Waals surface area (Å²) in [6.07, 6.45) is 7.09. The van der Waals surface area contributed by atoms with Crippen molar-refractivity contribution in [2.45, 2.75) is 44.6 Å². The fourth-order valence-corrected chi connectivity index (χ4v) is 4.72. The Kier molecular flexibility index (Phi) is 6.24. The molecule has 4 rings (SSSR count). The van der Waals surface area contributed by atoms with Gasteiger partial charge in [-0.05, 0) is 43.0 Å². The Hall–Kier alpha value is -3.24. The Bertz CT molecular complexity index is 1150. The molecule has 168 valence electrons. The van der Waals surface area contributed by atoms with Crippen molar-refractivity contribution >= 4 is 5.65 Å². The fraction of sp³-hybridized carbons (Fsp3) is 0.440. The maximum Gasteiger partial charge on any atom is 0.199 e. The Morgan fingerprint density at radius 2 is 2.06 bits per heavy atom. The molecule has 2 N–H and O–H groups in total. The maximum absolute atomic E-state index is 9.81. The lowest BCUT2D eigenvalue weighted by molar-refractivity contribution is 0.140. The fourth-order valence-electron chi connectivity index (χ4n) is 4.72. The molecule has 7 heteroatoms. The molecule has 1 aliphatic carbocycles. The molecule has 0 aliphatic heterocycles. The number of hydrogen-bond acceptors (Lipinski definition) is 6. The smallest absolute Gasteiger partial charge is 0.199 e. The van der Waals surface area contributed by atoms with E-state index in [1.54, 1.807) is 20.4 Å². The number of hydrogen-bond donors (Lipinski definition) is 1. The zero-order valence-electron chi connectivity index (χ0n) is 18.9. The van der Waals surface area contributed by atoms with E-state index in [0.29, 0.717) is 35.5 Å². The minimum absolute atomic E-state index is 0.362. The zero-order chi connectivity index (χ0) is 22.7. The van der Waals surface area contributed by atoms with Crippen LogP contribution in [0.1, 0.15) is 44.6 Å². The molecule has 0 radical (unpaired) electrons. The summed E-state index contributed by atoms with van der Waals surface area (Å²) in [5.41, 5.74) is 9.08. The number of ether oxygens (including phenoxy) is 3. The van der Waals surface area contributed by atoms with Crippen LogP contribution in [-0.2, 0) is 0 Å². The van der Waals surface area contributed by atoms with Gasteiger partial charge in [0.25, 0.3) is 0 Å². The van der Waals surface area contributed by atoms with Crippen LogP contribution < -0.4 is 19.9 Å². The number of nitrogens with two attached hydrogens (primary N) is 1. The molecular weight excluding hydrogens is 404 g/mol. The van der Waals surface area contributed by atoms with Crippen molar-refractivity contribution in [3.63, 3.8) is 0 Å². The molecule has 0 spiro atoms. The predicted molar refractivity (Wildman–Crippen MR) is 123 cm³/mol. The first-order valence-corrected chi connectivity index (χ1v) is 11.1. The lowest BCUT2D eigenvalue weighted by atomic mass is 9.76. The van der Waals surface area contributed by atoms with Gasteiger partial charge in [0.1, 0.15) is 35.4 Å². The standard InChI is InChI=1S/C25H30N4O3/c1-4-17-7-6-10-25(27,13-17)16-32-22-12-18(11-21(30-2)19(22)14-26)20-15-28-23-8-5-9-24(31-3)29(20)23/h5,8-9,11-12,15,17H,4,6-7,10,13,16,27H2,1-3H3/t17-,25-/m0/s1. The van der Waals surface area contributed by atoms with Crippen LogP contribution in [0.25, 0.3) is 16.9 Å². The van der Waals surface area contributed by atoms with Gasteiger partial charge in [-0.15, -0.1) is 0 Å². The number of methoxy groups -OCH3 is 2. The van der Waals surface area contributed by atoms with Gasteiger partial charge in [0, 0.05) is 5.56 Å². The van der Waals surface area contributed by atoms with Gasteiger partial charge < -0.3 is 19.9 Å². The molecule has 0 unspecified atom stereocenters. The van der Waals surface area contributed by atoms with Crippen LogP contribution in [0.3, 0.4) is 0 Å². The first-order chi connectivity index (χ1) is 15.5. The van der Waals surface area contributed by atoms with Crippen molar-refractivity contribution in [1.29, 1.82) is 5.26 Å². The molecule has 1 aliphatic rings. The minimum atomic E-state index is -0.387. The lowest BCUT2D eigenvalue weighted by Gasteiger charge is -2.37. The summed E-state index contributed by atoms with van der Waals surface area (Å²) in [5, 5.41) is 9.81. The van der Waals surface area contributed by atoms with E-state index >= 15 is 0 Å².